The number of esters is 1. The number of likely N-dealkylation sites (N-methyl/N-ethyl adjacent to an activating group) is 1. The molecule has 126 valence electrons. The van der Waals surface area contributed by atoms with Gasteiger partial charge in [0.05, 0.1) is 5.56 Å². The summed E-state index contributed by atoms with van der Waals surface area (Å²) in [5.41, 5.74) is 0.397. The smallest absolute Gasteiger partial charge is 0.338 e. The Morgan fingerprint density at radius 2 is 1.43 bits per heavy atom. The highest BCUT2D eigenvalue weighted by Gasteiger charge is 2.23. The van der Waals surface area contributed by atoms with Gasteiger partial charge in [-0.1, -0.05) is 32.9 Å². The molecule has 0 aliphatic carbocycles. The maximum absolute atomic E-state index is 12.1. The second kappa shape index (κ2) is 7.90. The number of hydrogen-bond acceptors (Lipinski definition) is 4. The fraction of sp³-hybridized carbons (Fsp3) is 0.500. The van der Waals surface area contributed by atoms with Crippen LogP contribution in [0.5, 0.6) is 0 Å². The van der Waals surface area contributed by atoms with Crippen molar-refractivity contribution in [2.75, 3.05) is 19.7 Å². The van der Waals surface area contributed by atoms with Gasteiger partial charge in [-0.05, 0) is 26.0 Å². The Balaban J connectivity index is 2.68. The lowest BCUT2D eigenvalue weighted by atomic mass is 9.86. The minimum absolute atomic E-state index is 0.00845. The molecule has 1 aromatic carbocycles. The molecule has 0 aromatic heterocycles. The number of carbonyl (C=O) groups excluding carboxylic acids is 3. The number of hydrogen-bond donors (Lipinski definition) is 0. The van der Waals surface area contributed by atoms with Gasteiger partial charge in [0.2, 0.25) is 0 Å². The van der Waals surface area contributed by atoms with E-state index in [1.54, 1.807) is 29.2 Å². The predicted octanol–water partition coefficient (Wildman–Crippen LogP) is 2.94. The van der Waals surface area contributed by atoms with E-state index in [1.807, 2.05) is 34.6 Å². The van der Waals surface area contributed by atoms with Crippen LogP contribution in [0.25, 0.3) is 0 Å². The number of carbonyl (C=O) groups is 3. The Kier molecular flexibility index (Phi) is 6.49. The molecule has 0 radical (unpaired) electrons. The topological polar surface area (TPSA) is 63.7 Å². The van der Waals surface area contributed by atoms with Crippen molar-refractivity contribution in [3.8, 4) is 0 Å². The van der Waals surface area contributed by atoms with Crippen LogP contribution < -0.4 is 0 Å². The Bertz CT molecular complexity index is 566. The first-order valence-corrected chi connectivity index (χ1v) is 7.80. The fourth-order valence-electron chi connectivity index (χ4n) is 2.07. The van der Waals surface area contributed by atoms with E-state index in [0.29, 0.717) is 24.2 Å². The zero-order valence-corrected chi connectivity index (χ0v) is 14.5. The molecule has 0 saturated carbocycles. The van der Waals surface area contributed by atoms with Gasteiger partial charge in [0, 0.05) is 24.1 Å². The van der Waals surface area contributed by atoms with Crippen molar-refractivity contribution in [2.24, 2.45) is 5.41 Å². The highest BCUT2D eigenvalue weighted by molar-refractivity contribution is 6.00. The number of ketones is 1. The molecule has 0 heterocycles. The molecule has 1 amide bonds. The summed E-state index contributed by atoms with van der Waals surface area (Å²) in [6.45, 7) is 10.2. The molecule has 0 bridgehead atoms. The van der Waals surface area contributed by atoms with Crippen molar-refractivity contribution in [3.63, 3.8) is 0 Å². The van der Waals surface area contributed by atoms with Crippen LogP contribution in [0.2, 0.25) is 0 Å². The molecule has 0 atom stereocenters. The normalized spacial score (nSPS) is 11.0. The van der Waals surface area contributed by atoms with E-state index in [1.165, 1.54) is 0 Å². The Hall–Kier alpha value is -2.17. The van der Waals surface area contributed by atoms with E-state index < -0.39 is 11.4 Å². The molecule has 0 aliphatic heterocycles. The summed E-state index contributed by atoms with van der Waals surface area (Å²) >= 11 is 0. The van der Waals surface area contributed by atoms with Crippen molar-refractivity contribution < 1.29 is 19.1 Å². The number of rotatable bonds is 6. The summed E-state index contributed by atoms with van der Waals surface area (Å²) in [6.07, 6.45) is 0. The molecule has 1 rings (SSSR count). The van der Waals surface area contributed by atoms with Gasteiger partial charge in [-0.3, -0.25) is 9.59 Å². The van der Waals surface area contributed by atoms with Gasteiger partial charge in [-0.2, -0.15) is 0 Å². The minimum Gasteiger partial charge on any atom is -0.452 e. The first-order chi connectivity index (χ1) is 10.7. The quantitative estimate of drug-likeness (QED) is 0.597. The van der Waals surface area contributed by atoms with Crippen molar-refractivity contribution in [1.82, 2.24) is 4.90 Å². The highest BCUT2D eigenvalue weighted by atomic mass is 16.5. The van der Waals surface area contributed by atoms with Gasteiger partial charge >= 0.3 is 5.97 Å². The van der Waals surface area contributed by atoms with Crippen LogP contribution in [0, 0.1) is 5.41 Å². The Morgan fingerprint density at radius 3 is 1.87 bits per heavy atom. The summed E-state index contributed by atoms with van der Waals surface area (Å²) in [4.78, 5) is 37.5. The molecule has 0 N–H and O–H groups in total. The van der Waals surface area contributed by atoms with Crippen molar-refractivity contribution in [2.45, 2.75) is 34.6 Å². The molecule has 0 aliphatic rings. The van der Waals surface area contributed by atoms with Crippen LogP contribution in [0.3, 0.4) is 0 Å². The zero-order chi connectivity index (χ0) is 17.6. The maximum atomic E-state index is 12.1. The van der Waals surface area contributed by atoms with Gasteiger partial charge in [0.15, 0.2) is 12.4 Å². The standard InChI is InChI=1S/C18H25NO4/c1-6-19(7-2)15(20)12-23-17(22)14-10-8-13(9-11-14)16(21)18(3,4)5/h8-11H,6-7,12H2,1-5H3. The van der Waals surface area contributed by atoms with Crippen LogP contribution in [0.1, 0.15) is 55.3 Å². The molecule has 23 heavy (non-hydrogen) atoms. The summed E-state index contributed by atoms with van der Waals surface area (Å²) in [5.74, 6) is -0.780. The zero-order valence-electron chi connectivity index (χ0n) is 14.5. The summed E-state index contributed by atoms with van der Waals surface area (Å²) in [5, 5.41) is 0. The third-order valence-electron chi connectivity index (χ3n) is 3.51. The molecular formula is C18H25NO4. The lowest BCUT2D eigenvalue weighted by molar-refractivity contribution is -0.134. The van der Waals surface area contributed by atoms with Gasteiger partial charge in [0.1, 0.15) is 0 Å². The van der Waals surface area contributed by atoms with E-state index in [-0.39, 0.29) is 18.3 Å². The molecule has 0 spiro atoms. The minimum atomic E-state index is -0.569. The van der Waals surface area contributed by atoms with Crippen molar-refractivity contribution in [1.29, 1.82) is 0 Å². The van der Waals surface area contributed by atoms with E-state index in [9.17, 15) is 14.4 Å². The number of Topliss-reactive ketones (excluding diaryl/α,β-unsaturated/α-hetero) is 1. The lowest BCUT2D eigenvalue weighted by Gasteiger charge is -2.18. The fourth-order valence-corrected chi connectivity index (χ4v) is 2.07. The SMILES string of the molecule is CCN(CC)C(=O)COC(=O)c1ccc(C(=O)C(C)(C)C)cc1. The number of benzene rings is 1. The van der Waals surface area contributed by atoms with Gasteiger partial charge in [-0.15, -0.1) is 0 Å². The molecule has 5 heteroatoms. The summed E-state index contributed by atoms with van der Waals surface area (Å²) in [7, 11) is 0. The van der Waals surface area contributed by atoms with E-state index in [2.05, 4.69) is 0 Å². The second-order valence-electron chi connectivity index (χ2n) is 6.30. The third-order valence-corrected chi connectivity index (χ3v) is 3.51. The molecular weight excluding hydrogens is 294 g/mol. The van der Waals surface area contributed by atoms with Gasteiger partial charge in [-0.25, -0.2) is 4.79 Å². The van der Waals surface area contributed by atoms with Crippen LogP contribution in [0.4, 0.5) is 0 Å². The highest BCUT2D eigenvalue weighted by Crippen LogP contribution is 2.21. The lowest BCUT2D eigenvalue weighted by Crippen LogP contribution is -2.34. The van der Waals surface area contributed by atoms with Gasteiger partial charge in [0.25, 0.3) is 5.91 Å². The van der Waals surface area contributed by atoms with Crippen molar-refractivity contribution in [3.05, 3.63) is 35.4 Å². The summed E-state index contributed by atoms with van der Waals surface area (Å²) < 4.78 is 5.03. The number of ether oxygens (including phenoxy) is 1. The first-order valence-electron chi connectivity index (χ1n) is 7.80. The third kappa shape index (κ3) is 5.20. The monoisotopic (exact) mass is 319 g/mol. The van der Waals surface area contributed by atoms with Crippen molar-refractivity contribution >= 4 is 17.7 Å². The molecule has 0 fully saturated rings. The first kappa shape index (κ1) is 18.9. The second-order valence-corrected chi connectivity index (χ2v) is 6.30. The van der Waals surface area contributed by atoms with Crippen LogP contribution in [0.15, 0.2) is 24.3 Å². The number of amides is 1. The average Bonchev–Trinajstić information content (AvgIpc) is 2.52. The Morgan fingerprint density at radius 1 is 0.957 bits per heavy atom. The predicted molar refractivity (Wildman–Crippen MR) is 88.4 cm³/mol. The van der Waals surface area contributed by atoms with E-state index in [4.69, 9.17) is 4.74 Å². The molecule has 0 saturated heterocycles. The maximum Gasteiger partial charge on any atom is 0.338 e. The largest absolute Gasteiger partial charge is 0.452 e. The van der Waals surface area contributed by atoms with Crippen LogP contribution >= 0.6 is 0 Å². The summed E-state index contributed by atoms with van der Waals surface area (Å²) in [6, 6.07) is 6.30. The molecule has 0 unspecified atom stereocenters. The molecule has 1 aromatic rings. The van der Waals surface area contributed by atoms with E-state index in [0.717, 1.165) is 0 Å². The van der Waals surface area contributed by atoms with Gasteiger partial charge < -0.3 is 9.64 Å². The average molecular weight is 319 g/mol. The Labute approximate surface area is 137 Å². The van der Waals surface area contributed by atoms with Crippen LogP contribution in [-0.2, 0) is 9.53 Å². The van der Waals surface area contributed by atoms with E-state index >= 15 is 0 Å². The molecule has 5 nitrogen and oxygen atoms in total. The van der Waals surface area contributed by atoms with Crippen LogP contribution in [-0.4, -0.2) is 42.3 Å². The number of nitrogens with zero attached hydrogens (tertiary/aromatic N) is 1.